The van der Waals surface area contributed by atoms with Crippen LogP contribution in [0.1, 0.15) is 6.42 Å². The lowest BCUT2D eigenvalue weighted by Gasteiger charge is -2.17. The summed E-state index contributed by atoms with van der Waals surface area (Å²) in [5, 5.41) is 14.0. The number of anilines is 2. The van der Waals surface area contributed by atoms with E-state index in [0.29, 0.717) is 10.7 Å². The van der Waals surface area contributed by atoms with Crippen molar-refractivity contribution in [3.05, 3.63) is 62.6 Å². The lowest BCUT2D eigenvalue weighted by molar-refractivity contribution is -0.384. The average Bonchev–Trinajstić information content (AvgIpc) is 2.99. The van der Waals surface area contributed by atoms with E-state index >= 15 is 0 Å². The third-order valence-corrected chi connectivity index (χ3v) is 4.62. The molecule has 1 atom stereocenters. The maximum Gasteiger partial charge on any atom is 0.271 e. The Kier molecular flexibility index (Phi) is 5.11. The van der Waals surface area contributed by atoms with Crippen LogP contribution in [0, 0.1) is 16.0 Å². The first-order valence-electron chi connectivity index (χ1n) is 7.66. The molecule has 0 aromatic heterocycles. The van der Waals surface area contributed by atoms with Crippen LogP contribution < -0.4 is 10.2 Å². The van der Waals surface area contributed by atoms with Gasteiger partial charge in [0.2, 0.25) is 11.8 Å². The van der Waals surface area contributed by atoms with Crippen molar-refractivity contribution in [3.8, 4) is 0 Å². The van der Waals surface area contributed by atoms with Crippen molar-refractivity contribution in [3.63, 3.8) is 0 Å². The van der Waals surface area contributed by atoms with Gasteiger partial charge in [-0.15, -0.1) is 0 Å². The molecule has 134 valence electrons. The quantitative estimate of drug-likeness (QED) is 0.629. The number of nitrogens with zero attached hydrogens (tertiary/aromatic N) is 2. The van der Waals surface area contributed by atoms with Gasteiger partial charge in [-0.1, -0.05) is 23.2 Å². The molecule has 2 aromatic rings. The van der Waals surface area contributed by atoms with Crippen LogP contribution >= 0.6 is 23.2 Å². The van der Waals surface area contributed by atoms with Gasteiger partial charge in [0.25, 0.3) is 5.69 Å². The fourth-order valence-corrected chi connectivity index (χ4v) is 3.06. The van der Waals surface area contributed by atoms with Gasteiger partial charge in [-0.05, 0) is 30.3 Å². The summed E-state index contributed by atoms with van der Waals surface area (Å²) in [7, 11) is 0. The molecule has 0 radical (unpaired) electrons. The number of carbonyl (C=O) groups is 2. The highest BCUT2D eigenvalue weighted by atomic mass is 35.5. The normalized spacial score (nSPS) is 16.6. The zero-order valence-electron chi connectivity index (χ0n) is 13.3. The Morgan fingerprint density at radius 3 is 2.50 bits per heavy atom. The third kappa shape index (κ3) is 3.79. The minimum atomic E-state index is -0.572. The summed E-state index contributed by atoms with van der Waals surface area (Å²) in [5.41, 5.74) is 0.765. The molecular weight excluding hydrogens is 381 g/mol. The molecule has 1 heterocycles. The van der Waals surface area contributed by atoms with E-state index in [1.807, 2.05) is 0 Å². The number of carbonyl (C=O) groups excluding carboxylic acids is 2. The first-order chi connectivity index (χ1) is 12.3. The van der Waals surface area contributed by atoms with Gasteiger partial charge < -0.3 is 10.2 Å². The van der Waals surface area contributed by atoms with E-state index < -0.39 is 10.8 Å². The fraction of sp³-hybridized carbons (Fsp3) is 0.176. The molecule has 1 N–H and O–H groups in total. The summed E-state index contributed by atoms with van der Waals surface area (Å²) >= 11 is 11.8. The van der Waals surface area contributed by atoms with Gasteiger partial charge in [0.15, 0.2) is 0 Å². The van der Waals surface area contributed by atoms with Crippen LogP contribution in [0.3, 0.4) is 0 Å². The number of benzene rings is 2. The molecule has 3 rings (SSSR count). The van der Waals surface area contributed by atoms with E-state index in [0.717, 1.165) is 6.07 Å². The Balaban J connectivity index is 1.70. The molecule has 1 aliphatic rings. The SMILES string of the molecule is O=C(Nc1ccc([N+](=O)[O-])cc1Cl)C1CC(=O)N(c2ccc(Cl)cc2)C1. The van der Waals surface area contributed by atoms with Crippen molar-refractivity contribution in [2.24, 2.45) is 5.92 Å². The number of nitro groups is 1. The number of hydrogen-bond donors (Lipinski definition) is 1. The zero-order valence-corrected chi connectivity index (χ0v) is 14.8. The second kappa shape index (κ2) is 7.31. The first-order valence-corrected chi connectivity index (χ1v) is 8.41. The molecule has 0 aliphatic carbocycles. The van der Waals surface area contributed by atoms with Crippen molar-refractivity contribution < 1.29 is 14.5 Å². The molecule has 2 aromatic carbocycles. The minimum Gasteiger partial charge on any atom is -0.324 e. The minimum absolute atomic E-state index is 0.0615. The van der Waals surface area contributed by atoms with E-state index in [2.05, 4.69) is 5.32 Å². The number of nitro benzene ring substituents is 1. The van der Waals surface area contributed by atoms with Gasteiger partial charge in [-0.2, -0.15) is 0 Å². The van der Waals surface area contributed by atoms with Crippen LogP contribution in [0.25, 0.3) is 0 Å². The molecular formula is C17H13Cl2N3O4. The predicted molar refractivity (Wildman–Crippen MR) is 98.6 cm³/mol. The highest BCUT2D eigenvalue weighted by molar-refractivity contribution is 6.34. The Bertz CT molecular complexity index is 886. The lowest BCUT2D eigenvalue weighted by Crippen LogP contribution is -2.28. The highest BCUT2D eigenvalue weighted by Crippen LogP contribution is 2.30. The standard InChI is InChI=1S/C17H13Cl2N3O4/c18-11-1-3-12(4-2-11)21-9-10(7-16(21)23)17(24)20-15-6-5-13(22(25)26)8-14(15)19/h1-6,8,10H,7,9H2,(H,20,24). The van der Waals surface area contributed by atoms with Crippen LogP contribution in [-0.2, 0) is 9.59 Å². The Hall–Kier alpha value is -2.64. The summed E-state index contributed by atoms with van der Waals surface area (Å²) < 4.78 is 0. The number of hydrogen-bond acceptors (Lipinski definition) is 4. The van der Waals surface area contributed by atoms with E-state index in [1.54, 1.807) is 24.3 Å². The summed E-state index contributed by atoms with van der Waals surface area (Å²) in [5.74, 6) is -1.09. The predicted octanol–water partition coefficient (Wildman–Crippen LogP) is 3.89. The van der Waals surface area contributed by atoms with Gasteiger partial charge in [0.05, 0.1) is 21.6 Å². The molecule has 7 nitrogen and oxygen atoms in total. The molecule has 0 spiro atoms. The van der Waals surface area contributed by atoms with Gasteiger partial charge in [-0.3, -0.25) is 19.7 Å². The summed E-state index contributed by atoms with van der Waals surface area (Å²) in [6.07, 6.45) is 0.0685. The monoisotopic (exact) mass is 393 g/mol. The van der Waals surface area contributed by atoms with E-state index in [4.69, 9.17) is 23.2 Å². The van der Waals surface area contributed by atoms with E-state index in [1.165, 1.54) is 17.0 Å². The van der Waals surface area contributed by atoms with Crippen LogP contribution in [0.4, 0.5) is 17.1 Å². The topological polar surface area (TPSA) is 92.5 Å². The number of nitrogens with one attached hydrogen (secondary N) is 1. The summed E-state index contributed by atoms with van der Waals surface area (Å²) in [6, 6.07) is 10.6. The molecule has 1 fully saturated rings. The van der Waals surface area contributed by atoms with Crippen LogP contribution in [0.5, 0.6) is 0 Å². The Morgan fingerprint density at radius 2 is 1.88 bits per heavy atom. The Morgan fingerprint density at radius 1 is 1.19 bits per heavy atom. The number of halogens is 2. The van der Waals surface area contributed by atoms with Crippen molar-refractivity contribution in [2.45, 2.75) is 6.42 Å². The lowest BCUT2D eigenvalue weighted by atomic mass is 10.1. The maximum atomic E-state index is 12.5. The Labute approximate surface area is 158 Å². The summed E-state index contributed by atoms with van der Waals surface area (Å²) in [4.78, 5) is 36.4. The highest BCUT2D eigenvalue weighted by Gasteiger charge is 2.35. The zero-order chi connectivity index (χ0) is 18.8. The van der Waals surface area contributed by atoms with Crippen molar-refractivity contribution in [1.82, 2.24) is 0 Å². The molecule has 2 amide bonds. The van der Waals surface area contributed by atoms with Gasteiger partial charge in [0, 0.05) is 35.8 Å². The van der Waals surface area contributed by atoms with Gasteiger partial charge >= 0.3 is 0 Å². The van der Waals surface area contributed by atoms with Crippen molar-refractivity contribution in [2.75, 3.05) is 16.8 Å². The maximum absolute atomic E-state index is 12.5. The number of rotatable bonds is 4. The van der Waals surface area contributed by atoms with Gasteiger partial charge in [0.1, 0.15) is 0 Å². The summed E-state index contributed by atoms with van der Waals surface area (Å²) in [6.45, 7) is 0.233. The smallest absolute Gasteiger partial charge is 0.271 e. The van der Waals surface area contributed by atoms with Crippen LogP contribution in [0.15, 0.2) is 42.5 Å². The molecule has 1 saturated heterocycles. The molecule has 0 saturated carbocycles. The molecule has 9 heteroatoms. The third-order valence-electron chi connectivity index (χ3n) is 4.06. The molecule has 26 heavy (non-hydrogen) atoms. The van der Waals surface area contributed by atoms with Crippen LogP contribution in [0.2, 0.25) is 10.0 Å². The van der Waals surface area contributed by atoms with E-state index in [9.17, 15) is 19.7 Å². The second-order valence-electron chi connectivity index (χ2n) is 5.79. The average molecular weight is 394 g/mol. The fourth-order valence-electron chi connectivity index (χ4n) is 2.71. The van der Waals surface area contributed by atoms with Crippen molar-refractivity contribution >= 4 is 52.1 Å². The largest absolute Gasteiger partial charge is 0.324 e. The first kappa shape index (κ1) is 18.2. The molecule has 0 bridgehead atoms. The number of non-ortho nitro benzene ring substituents is 1. The van der Waals surface area contributed by atoms with Crippen LogP contribution in [-0.4, -0.2) is 23.3 Å². The van der Waals surface area contributed by atoms with Crippen molar-refractivity contribution in [1.29, 1.82) is 0 Å². The molecule has 1 aliphatic heterocycles. The van der Waals surface area contributed by atoms with E-state index in [-0.39, 0.29) is 41.2 Å². The number of amides is 2. The van der Waals surface area contributed by atoms with Gasteiger partial charge in [-0.25, -0.2) is 0 Å². The second-order valence-corrected chi connectivity index (χ2v) is 6.64. The molecule has 1 unspecified atom stereocenters.